The van der Waals surface area contributed by atoms with Crippen molar-refractivity contribution < 1.29 is 13.7 Å². The molecule has 0 rings (SSSR count). The first-order chi connectivity index (χ1) is 3.27. The molecule has 0 N–H and O–H groups in total. The highest BCUT2D eigenvalue weighted by Gasteiger charge is 1.93. The number of methoxy groups -OCH3 is 1. The summed E-state index contributed by atoms with van der Waals surface area (Å²) in [5.41, 5.74) is 0. The summed E-state index contributed by atoms with van der Waals surface area (Å²) < 4.78 is 26.3. The highest BCUT2D eigenvalue weighted by molar-refractivity contribution is 4.24. The smallest absolute Gasteiger partial charge is 0.0853 e. The minimum absolute atomic E-state index is 0.0764. The molecule has 0 atom stereocenters. The maximum absolute atomic E-state index is 11.0. The van der Waals surface area contributed by atoms with E-state index in [-0.39, 0.29) is 13.2 Å². The number of ether oxygens (including phenoxy) is 1. The fourth-order valence-electron chi connectivity index (χ4n) is 0.160. The summed E-state index contributed by atoms with van der Waals surface area (Å²) in [6, 6.07) is 0. The van der Waals surface area contributed by atoms with Gasteiger partial charge in [0.15, 0.2) is 0 Å². The third-order valence-electron chi connectivity index (χ3n) is 0.464. The number of nitrogens with zero attached hydrogens (tertiary/aromatic N) is 1. The highest BCUT2D eigenvalue weighted by atomic mass is 19.4. The first-order valence-electron chi connectivity index (χ1n) is 1.85. The second kappa shape index (κ2) is 3.95. The number of hydrogen-bond donors (Lipinski definition) is 0. The first kappa shape index (κ1) is 6.78. The quantitative estimate of drug-likeness (QED) is 0.497. The van der Waals surface area contributed by atoms with Crippen molar-refractivity contribution >= 4 is 0 Å². The average molecular weight is 111 g/mol. The van der Waals surface area contributed by atoms with Gasteiger partial charge >= 0.3 is 0 Å². The molecule has 0 fully saturated rings. The van der Waals surface area contributed by atoms with Crippen molar-refractivity contribution in [1.82, 2.24) is 5.34 Å². The molecule has 0 bridgehead atoms. The van der Waals surface area contributed by atoms with E-state index in [1.165, 1.54) is 7.11 Å². The molecule has 0 radical (unpaired) electrons. The van der Waals surface area contributed by atoms with Crippen molar-refractivity contribution in [3.63, 3.8) is 0 Å². The SMILES string of the molecule is COCCN(F)F. The molecule has 44 valence electrons. The summed E-state index contributed by atoms with van der Waals surface area (Å²) in [4.78, 5) is 0. The van der Waals surface area contributed by atoms with E-state index in [0.29, 0.717) is 0 Å². The van der Waals surface area contributed by atoms with Crippen LogP contribution in [-0.4, -0.2) is 25.6 Å². The van der Waals surface area contributed by atoms with Gasteiger partial charge in [-0.3, -0.25) is 0 Å². The summed E-state index contributed by atoms with van der Waals surface area (Å²) in [7, 11) is 1.38. The van der Waals surface area contributed by atoms with Gasteiger partial charge in [0.05, 0.1) is 13.2 Å². The lowest BCUT2D eigenvalue weighted by Gasteiger charge is -1.95. The zero-order chi connectivity index (χ0) is 5.70. The van der Waals surface area contributed by atoms with Crippen molar-refractivity contribution in [2.24, 2.45) is 0 Å². The van der Waals surface area contributed by atoms with Gasteiger partial charge in [0.25, 0.3) is 0 Å². The Morgan fingerprint density at radius 1 is 1.57 bits per heavy atom. The van der Waals surface area contributed by atoms with Crippen molar-refractivity contribution in [1.29, 1.82) is 0 Å². The van der Waals surface area contributed by atoms with Crippen LogP contribution in [0.5, 0.6) is 0 Å². The second-order valence-corrected chi connectivity index (χ2v) is 1.02. The maximum atomic E-state index is 11.0. The molecule has 0 heterocycles. The minimum atomic E-state index is -0.913. The van der Waals surface area contributed by atoms with Crippen molar-refractivity contribution in [2.45, 2.75) is 0 Å². The van der Waals surface area contributed by atoms with Gasteiger partial charge in [-0.25, -0.2) is 0 Å². The average Bonchev–Trinajstić information content (AvgIpc) is 1.61. The fraction of sp³-hybridized carbons (Fsp3) is 1.00. The van der Waals surface area contributed by atoms with Gasteiger partial charge in [-0.15, -0.1) is 8.96 Å². The molecule has 0 aliphatic carbocycles. The van der Waals surface area contributed by atoms with Crippen LogP contribution in [0.25, 0.3) is 0 Å². The molecule has 0 unspecified atom stereocenters. The van der Waals surface area contributed by atoms with Crippen LogP contribution in [0.2, 0.25) is 0 Å². The largest absolute Gasteiger partial charge is 0.383 e. The van der Waals surface area contributed by atoms with E-state index in [1.807, 2.05) is 0 Å². The zero-order valence-electron chi connectivity index (χ0n) is 4.03. The standard InChI is InChI=1S/C3H7F2NO/c1-7-3-2-6(4)5/h2-3H2,1H3. The summed E-state index contributed by atoms with van der Waals surface area (Å²) in [6.07, 6.45) is 0. The lowest BCUT2D eigenvalue weighted by Crippen LogP contribution is -2.08. The van der Waals surface area contributed by atoms with Crippen LogP contribution in [0.1, 0.15) is 0 Å². The monoisotopic (exact) mass is 111 g/mol. The van der Waals surface area contributed by atoms with Crippen molar-refractivity contribution in [2.75, 3.05) is 20.3 Å². The van der Waals surface area contributed by atoms with Crippen LogP contribution in [0.4, 0.5) is 8.96 Å². The summed E-state index contributed by atoms with van der Waals surface area (Å²) in [6.45, 7) is -0.247. The highest BCUT2D eigenvalue weighted by Crippen LogP contribution is 1.85. The van der Waals surface area contributed by atoms with E-state index in [2.05, 4.69) is 4.74 Å². The second-order valence-electron chi connectivity index (χ2n) is 1.02. The molecule has 0 aromatic carbocycles. The zero-order valence-corrected chi connectivity index (χ0v) is 4.03. The predicted octanol–water partition coefficient (Wildman–Crippen LogP) is 0.704. The van der Waals surface area contributed by atoms with Crippen LogP contribution in [0, 0.1) is 0 Å². The Labute approximate surface area is 40.5 Å². The number of hydrogen-bond acceptors (Lipinski definition) is 2. The van der Waals surface area contributed by atoms with Crippen molar-refractivity contribution in [3.8, 4) is 0 Å². The molecular weight excluding hydrogens is 104 g/mol. The lowest BCUT2D eigenvalue weighted by molar-refractivity contribution is -0.160. The molecule has 0 aromatic rings. The minimum Gasteiger partial charge on any atom is -0.383 e. The summed E-state index contributed by atoms with van der Waals surface area (Å²) in [5, 5.41) is -0.913. The van der Waals surface area contributed by atoms with Gasteiger partial charge in [-0.05, 0) is 0 Å². The first-order valence-corrected chi connectivity index (χ1v) is 1.85. The Morgan fingerprint density at radius 3 is 2.29 bits per heavy atom. The van der Waals surface area contributed by atoms with Gasteiger partial charge in [0.2, 0.25) is 0 Å². The molecule has 0 amide bonds. The van der Waals surface area contributed by atoms with E-state index in [1.54, 1.807) is 0 Å². The Balaban J connectivity index is 2.68. The molecule has 7 heavy (non-hydrogen) atoms. The van der Waals surface area contributed by atoms with Crippen LogP contribution >= 0.6 is 0 Å². The Morgan fingerprint density at radius 2 is 2.14 bits per heavy atom. The van der Waals surface area contributed by atoms with Gasteiger partial charge < -0.3 is 4.74 Å². The molecule has 0 saturated heterocycles. The Hall–Kier alpha value is -0.220. The molecule has 0 saturated carbocycles. The maximum Gasteiger partial charge on any atom is 0.0853 e. The third kappa shape index (κ3) is 5.78. The number of rotatable bonds is 3. The van der Waals surface area contributed by atoms with Gasteiger partial charge in [0, 0.05) is 12.5 Å². The van der Waals surface area contributed by atoms with E-state index in [9.17, 15) is 8.96 Å². The van der Waals surface area contributed by atoms with E-state index < -0.39 is 5.34 Å². The molecule has 0 aromatic heterocycles. The summed E-state index contributed by atoms with van der Waals surface area (Å²) >= 11 is 0. The fourth-order valence-corrected chi connectivity index (χ4v) is 0.160. The van der Waals surface area contributed by atoms with E-state index in [0.717, 1.165) is 0 Å². The third-order valence-corrected chi connectivity index (χ3v) is 0.464. The molecule has 0 spiro atoms. The molecule has 0 aliphatic heterocycles. The van der Waals surface area contributed by atoms with Crippen molar-refractivity contribution in [3.05, 3.63) is 0 Å². The van der Waals surface area contributed by atoms with Gasteiger partial charge in [-0.2, -0.15) is 0 Å². The summed E-state index contributed by atoms with van der Waals surface area (Å²) in [5.74, 6) is 0. The molecule has 4 heteroatoms. The molecular formula is C3H7F2NO. The van der Waals surface area contributed by atoms with Gasteiger partial charge in [0.1, 0.15) is 0 Å². The van der Waals surface area contributed by atoms with Gasteiger partial charge in [-0.1, -0.05) is 0 Å². The number of halogens is 2. The van der Waals surface area contributed by atoms with E-state index >= 15 is 0 Å². The van der Waals surface area contributed by atoms with Crippen LogP contribution in [0.15, 0.2) is 0 Å². The van der Waals surface area contributed by atoms with Crippen LogP contribution in [-0.2, 0) is 4.74 Å². The van der Waals surface area contributed by atoms with Crippen LogP contribution in [0.3, 0.4) is 0 Å². The molecule has 0 aliphatic rings. The molecule has 2 nitrogen and oxygen atoms in total. The van der Waals surface area contributed by atoms with E-state index in [4.69, 9.17) is 0 Å². The normalized spacial score (nSPS) is 10.3. The lowest BCUT2D eigenvalue weighted by atomic mass is 10.7. The van der Waals surface area contributed by atoms with Crippen LogP contribution < -0.4 is 0 Å². The topological polar surface area (TPSA) is 12.5 Å². The Bertz CT molecular complexity index is 41.9. The Kier molecular flexibility index (Phi) is 3.83. The predicted molar refractivity (Wildman–Crippen MR) is 20.8 cm³/mol.